The summed E-state index contributed by atoms with van der Waals surface area (Å²) in [6, 6.07) is 19.0. The van der Waals surface area contributed by atoms with Gasteiger partial charge in [-0.15, -0.1) is 21.5 Å². The van der Waals surface area contributed by atoms with E-state index in [1.54, 1.807) is 0 Å². The summed E-state index contributed by atoms with van der Waals surface area (Å²) in [7, 11) is 0. The Bertz CT molecular complexity index is 1470. The number of benzene rings is 2. The Morgan fingerprint density at radius 1 is 1.03 bits per heavy atom. The van der Waals surface area contributed by atoms with Crippen molar-refractivity contribution in [2.24, 2.45) is 0 Å². The van der Waals surface area contributed by atoms with E-state index < -0.39 is 5.91 Å². The fourth-order valence-corrected chi connectivity index (χ4v) is 4.45. The van der Waals surface area contributed by atoms with E-state index in [1.807, 2.05) is 67.6 Å². The van der Waals surface area contributed by atoms with Crippen LogP contribution in [0.1, 0.15) is 4.88 Å². The highest BCUT2D eigenvalue weighted by Crippen LogP contribution is 2.35. The second-order valence-corrected chi connectivity index (χ2v) is 8.25. The van der Waals surface area contributed by atoms with E-state index in [4.69, 9.17) is 0 Å². The van der Waals surface area contributed by atoms with E-state index in [9.17, 15) is 9.59 Å². The molecule has 0 aliphatic heterocycles. The van der Waals surface area contributed by atoms with Crippen LogP contribution in [-0.4, -0.2) is 35.8 Å². The number of aromatic nitrogens is 6. The van der Waals surface area contributed by atoms with Gasteiger partial charge in [0.2, 0.25) is 5.82 Å². The summed E-state index contributed by atoms with van der Waals surface area (Å²) in [6.45, 7) is 1.76. The molecule has 0 saturated heterocycles. The predicted molar refractivity (Wildman–Crippen MR) is 122 cm³/mol. The SMILES string of the molecule is Cc1sc2ncn(NC(=O)Cn3nnc(-c4ccccc4)n3)c(=O)c2c1-c1ccccc1. The first-order valence-electron chi connectivity index (χ1n) is 9.79. The van der Waals surface area contributed by atoms with Crippen LogP contribution < -0.4 is 11.0 Å². The Morgan fingerprint density at radius 3 is 2.44 bits per heavy atom. The predicted octanol–water partition coefficient (Wildman–Crippen LogP) is 2.86. The van der Waals surface area contributed by atoms with Gasteiger partial charge in [0.15, 0.2) is 0 Å². The van der Waals surface area contributed by atoms with Gasteiger partial charge in [-0.1, -0.05) is 60.7 Å². The van der Waals surface area contributed by atoms with E-state index in [2.05, 4.69) is 25.8 Å². The molecule has 3 heterocycles. The highest BCUT2D eigenvalue weighted by Gasteiger charge is 2.18. The summed E-state index contributed by atoms with van der Waals surface area (Å²) in [4.78, 5) is 32.9. The average molecular weight is 443 g/mol. The maximum atomic E-state index is 13.2. The zero-order valence-electron chi connectivity index (χ0n) is 17.0. The van der Waals surface area contributed by atoms with E-state index in [1.165, 1.54) is 22.5 Å². The van der Waals surface area contributed by atoms with Crippen LogP contribution >= 0.6 is 11.3 Å². The van der Waals surface area contributed by atoms with Gasteiger partial charge >= 0.3 is 0 Å². The topological polar surface area (TPSA) is 108 Å². The number of carbonyl (C=O) groups is 1. The Hall–Kier alpha value is -4.18. The molecular weight excluding hydrogens is 426 g/mol. The van der Waals surface area contributed by atoms with Crippen LogP contribution in [0, 0.1) is 6.92 Å². The molecule has 10 heteroatoms. The number of nitrogens with zero attached hydrogens (tertiary/aromatic N) is 6. The van der Waals surface area contributed by atoms with Crippen molar-refractivity contribution >= 4 is 27.5 Å². The van der Waals surface area contributed by atoms with Crippen LogP contribution in [0.2, 0.25) is 0 Å². The lowest BCUT2D eigenvalue weighted by molar-refractivity contribution is -0.118. The zero-order valence-corrected chi connectivity index (χ0v) is 17.8. The first-order valence-corrected chi connectivity index (χ1v) is 10.6. The molecule has 0 bridgehead atoms. The fourth-order valence-electron chi connectivity index (χ4n) is 3.45. The number of amides is 1. The molecule has 5 aromatic rings. The van der Waals surface area contributed by atoms with Crippen LogP contribution in [-0.2, 0) is 11.3 Å². The molecule has 1 N–H and O–H groups in total. The monoisotopic (exact) mass is 443 g/mol. The van der Waals surface area contributed by atoms with E-state index in [0.717, 1.165) is 26.2 Å². The van der Waals surface area contributed by atoms with Gasteiger partial charge in [0.05, 0.1) is 5.39 Å². The Labute approximate surface area is 185 Å². The quantitative estimate of drug-likeness (QED) is 0.448. The average Bonchev–Trinajstić information content (AvgIpc) is 3.41. The van der Waals surface area contributed by atoms with Crippen molar-refractivity contribution < 1.29 is 4.79 Å². The zero-order chi connectivity index (χ0) is 22.1. The van der Waals surface area contributed by atoms with Crippen molar-refractivity contribution in [3.8, 4) is 22.5 Å². The third-order valence-corrected chi connectivity index (χ3v) is 5.88. The van der Waals surface area contributed by atoms with E-state index in [-0.39, 0.29) is 12.1 Å². The van der Waals surface area contributed by atoms with E-state index >= 15 is 0 Å². The first kappa shape index (κ1) is 19.8. The largest absolute Gasteiger partial charge is 0.281 e. The number of nitrogens with one attached hydrogen (secondary N) is 1. The summed E-state index contributed by atoms with van der Waals surface area (Å²) in [5, 5.41) is 12.6. The van der Waals surface area contributed by atoms with Crippen molar-refractivity contribution in [2.75, 3.05) is 5.43 Å². The molecule has 158 valence electrons. The third-order valence-electron chi connectivity index (χ3n) is 4.87. The maximum Gasteiger partial charge on any atom is 0.281 e. The summed E-state index contributed by atoms with van der Waals surface area (Å²) in [6.07, 6.45) is 1.32. The molecule has 0 spiro atoms. The molecule has 2 aromatic carbocycles. The summed E-state index contributed by atoms with van der Waals surface area (Å²) in [5.74, 6) is -0.0571. The minimum absolute atomic E-state index is 0.196. The highest BCUT2D eigenvalue weighted by atomic mass is 32.1. The molecule has 9 nitrogen and oxygen atoms in total. The standard InChI is InChI=1S/C22H17N7O2S/c1-14-18(15-8-4-2-5-9-15)19-21(32-14)23-13-28(22(19)31)25-17(30)12-29-26-20(24-27-29)16-10-6-3-7-11-16/h2-11,13H,12H2,1H3,(H,25,30). The van der Waals surface area contributed by atoms with Crippen LogP contribution in [0.25, 0.3) is 32.7 Å². The van der Waals surface area contributed by atoms with Crippen LogP contribution in [0.3, 0.4) is 0 Å². The number of hydrogen-bond donors (Lipinski definition) is 1. The lowest BCUT2D eigenvalue weighted by atomic mass is 10.0. The van der Waals surface area contributed by atoms with Crippen LogP contribution in [0.15, 0.2) is 71.8 Å². The van der Waals surface area contributed by atoms with Crippen molar-refractivity contribution in [1.82, 2.24) is 29.9 Å². The number of rotatable bonds is 5. The second-order valence-electron chi connectivity index (χ2n) is 7.04. The molecule has 3 aromatic heterocycles. The van der Waals surface area contributed by atoms with E-state index in [0.29, 0.717) is 16.0 Å². The lowest BCUT2D eigenvalue weighted by Crippen LogP contribution is -2.35. The molecule has 1 amide bonds. The van der Waals surface area contributed by atoms with Crippen LogP contribution in [0.5, 0.6) is 0 Å². The molecule has 0 saturated carbocycles. The van der Waals surface area contributed by atoms with Gasteiger partial charge in [0, 0.05) is 16.0 Å². The number of fused-ring (bicyclic) bond motifs is 1. The minimum Gasteiger partial charge on any atom is -0.271 e. The fraction of sp³-hybridized carbons (Fsp3) is 0.0909. The summed E-state index contributed by atoms with van der Waals surface area (Å²) >= 11 is 1.45. The molecule has 0 atom stereocenters. The van der Waals surface area contributed by atoms with Gasteiger partial charge in [-0.05, 0) is 17.7 Å². The summed E-state index contributed by atoms with van der Waals surface area (Å²) in [5.41, 5.74) is 4.78. The van der Waals surface area contributed by atoms with Gasteiger partial charge in [-0.2, -0.15) is 4.80 Å². The molecule has 5 rings (SSSR count). The molecule has 0 unspecified atom stereocenters. The minimum atomic E-state index is -0.474. The van der Waals surface area contributed by atoms with Crippen molar-refractivity contribution in [1.29, 1.82) is 0 Å². The Balaban J connectivity index is 1.41. The number of thiophene rings is 1. The molecule has 0 radical (unpaired) electrons. The smallest absolute Gasteiger partial charge is 0.271 e. The molecule has 0 aliphatic carbocycles. The highest BCUT2D eigenvalue weighted by molar-refractivity contribution is 7.19. The van der Waals surface area contributed by atoms with Crippen molar-refractivity contribution in [3.63, 3.8) is 0 Å². The van der Waals surface area contributed by atoms with Gasteiger partial charge < -0.3 is 0 Å². The number of aryl methyl sites for hydroxylation is 1. The Morgan fingerprint density at radius 2 is 1.72 bits per heavy atom. The molecule has 32 heavy (non-hydrogen) atoms. The molecular formula is C22H17N7O2S. The molecule has 0 aliphatic rings. The Kier molecular flexibility index (Phi) is 5.04. The lowest BCUT2D eigenvalue weighted by Gasteiger charge is -2.08. The number of carbonyl (C=O) groups excluding carboxylic acids is 1. The molecule has 0 fully saturated rings. The number of hydrogen-bond acceptors (Lipinski definition) is 7. The number of tetrazole rings is 1. The van der Waals surface area contributed by atoms with Crippen molar-refractivity contribution in [2.45, 2.75) is 13.5 Å². The van der Waals surface area contributed by atoms with Gasteiger partial charge in [0.1, 0.15) is 17.7 Å². The normalized spacial score (nSPS) is 11.0. The third kappa shape index (κ3) is 3.67. The van der Waals surface area contributed by atoms with Gasteiger partial charge in [-0.25, -0.2) is 9.66 Å². The second kappa shape index (κ2) is 8.16. The van der Waals surface area contributed by atoms with Gasteiger partial charge in [-0.3, -0.25) is 15.0 Å². The maximum absolute atomic E-state index is 13.2. The van der Waals surface area contributed by atoms with Gasteiger partial charge in [0.25, 0.3) is 11.5 Å². The van der Waals surface area contributed by atoms with Crippen molar-refractivity contribution in [3.05, 3.63) is 82.2 Å². The van der Waals surface area contributed by atoms with Crippen LogP contribution in [0.4, 0.5) is 0 Å². The summed E-state index contributed by atoms with van der Waals surface area (Å²) < 4.78 is 1.10. The first-order chi connectivity index (χ1) is 15.6.